The average molecular weight is 467 g/mol. The zero-order valence-corrected chi connectivity index (χ0v) is 18.2. The maximum atomic E-state index is 12.0. The van der Waals surface area contributed by atoms with Crippen molar-refractivity contribution in [1.29, 1.82) is 0 Å². The molecule has 0 spiro atoms. The molecule has 0 fully saturated rings. The van der Waals surface area contributed by atoms with E-state index in [2.05, 4.69) is 39.8 Å². The molecular formula is C16H30IN5OS. The Morgan fingerprint density at radius 2 is 2.00 bits per heavy atom. The Balaban J connectivity index is 0.00000529. The lowest BCUT2D eigenvalue weighted by atomic mass is 10.1. The molecule has 0 atom stereocenters. The Kier molecular flexibility index (Phi) is 12.9. The van der Waals surface area contributed by atoms with E-state index in [0.29, 0.717) is 23.9 Å². The first kappa shape index (κ1) is 23.1. The summed E-state index contributed by atoms with van der Waals surface area (Å²) in [5.74, 6) is 1.45. The highest BCUT2D eigenvalue weighted by atomic mass is 127. The van der Waals surface area contributed by atoms with E-state index in [1.807, 2.05) is 13.8 Å². The minimum Gasteiger partial charge on any atom is -0.357 e. The number of carbonyl (C=O) groups is 1. The van der Waals surface area contributed by atoms with E-state index in [1.165, 1.54) is 17.8 Å². The van der Waals surface area contributed by atoms with Gasteiger partial charge in [0.05, 0.1) is 11.2 Å². The molecule has 1 rings (SSSR count). The standard InChI is InChI=1S/C16H29N5OS.HI/c1-5-17-16(19-8-6-7-12(2)3)20-10-9-18-15(22)14-13(4)21-11-23-14;/h11-12H,5-10H2,1-4H3,(H,18,22)(H2,17,19,20);1H. The molecule has 1 heterocycles. The van der Waals surface area contributed by atoms with Gasteiger partial charge in [0.25, 0.3) is 5.91 Å². The number of aryl methyl sites for hydroxylation is 1. The minimum atomic E-state index is -0.0642. The lowest BCUT2D eigenvalue weighted by molar-refractivity contribution is 0.0957. The van der Waals surface area contributed by atoms with Crippen molar-refractivity contribution in [2.45, 2.75) is 40.5 Å². The number of aromatic nitrogens is 1. The summed E-state index contributed by atoms with van der Waals surface area (Å²) < 4.78 is 0. The van der Waals surface area contributed by atoms with Crippen molar-refractivity contribution in [3.05, 3.63) is 16.1 Å². The quantitative estimate of drug-likeness (QED) is 0.226. The molecule has 1 aromatic heterocycles. The van der Waals surface area contributed by atoms with Gasteiger partial charge in [-0.05, 0) is 32.6 Å². The lowest BCUT2D eigenvalue weighted by Crippen LogP contribution is -2.41. The Labute approximate surface area is 166 Å². The number of amides is 1. The highest BCUT2D eigenvalue weighted by molar-refractivity contribution is 14.0. The second-order valence-corrected chi connectivity index (χ2v) is 6.60. The third-order valence-corrected chi connectivity index (χ3v) is 4.14. The number of nitrogens with one attached hydrogen (secondary N) is 3. The van der Waals surface area contributed by atoms with Crippen LogP contribution in [0.1, 0.15) is 49.0 Å². The number of nitrogens with zero attached hydrogens (tertiary/aromatic N) is 2. The van der Waals surface area contributed by atoms with Gasteiger partial charge in [-0.3, -0.25) is 9.79 Å². The van der Waals surface area contributed by atoms with Crippen LogP contribution in [-0.2, 0) is 0 Å². The summed E-state index contributed by atoms with van der Waals surface area (Å²) in [4.78, 5) is 21.3. The largest absolute Gasteiger partial charge is 0.357 e. The van der Waals surface area contributed by atoms with Gasteiger partial charge in [-0.25, -0.2) is 4.98 Å². The van der Waals surface area contributed by atoms with Crippen LogP contribution >= 0.6 is 35.3 Å². The summed E-state index contributed by atoms with van der Waals surface area (Å²) in [7, 11) is 0. The van der Waals surface area contributed by atoms with Gasteiger partial charge in [-0.15, -0.1) is 35.3 Å². The molecule has 138 valence electrons. The van der Waals surface area contributed by atoms with Crippen LogP contribution in [-0.4, -0.2) is 43.0 Å². The first-order chi connectivity index (χ1) is 11.0. The van der Waals surface area contributed by atoms with Crippen molar-refractivity contribution in [1.82, 2.24) is 20.9 Å². The fourth-order valence-electron chi connectivity index (χ4n) is 1.99. The molecule has 0 aliphatic carbocycles. The van der Waals surface area contributed by atoms with Gasteiger partial charge in [-0.2, -0.15) is 0 Å². The van der Waals surface area contributed by atoms with Gasteiger partial charge in [0.2, 0.25) is 0 Å². The van der Waals surface area contributed by atoms with Crippen molar-refractivity contribution in [3.63, 3.8) is 0 Å². The van der Waals surface area contributed by atoms with Crippen molar-refractivity contribution >= 4 is 47.2 Å². The fraction of sp³-hybridized carbons (Fsp3) is 0.688. The molecule has 0 unspecified atom stereocenters. The Hall–Kier alpha value is -0.900. The minimum absolute atomic E-state index is 0. The SMILES string of the molecule is CCNC(=NCCCC(C)C)NCCNC(=O)c1scnc1C.I. The monoisotopic (exact) mass is 467 g/mol. The summed E-state index contributed by atoms with van der Waals surface area (Å²) >= 11 is 1.37. The van der Waals surface area contributed by atoms with Crippen LogP contribution < -0.4 is 16.0 Å². The van der Waals surface area contributed by atoms with E-state index in [1.54, 1.807) is 5.51 Å². The molecule has 3 N–H and O–H groups in total. The Morgan fingerprint density at radius 1 is 1.29 bits per heavy atom. The smallest absolute Gasteiger partial charge is 0.263 e. The molecule has 1 aromatic rings. The number of halogens is 1. The molecule has 8 heteroatoms. The van der Waals surface area contributed by atoms with E-state index in [4.69, 9.17) is 0 Å². The van der Waals surface area contributed by atoms with Crippen LogP contribution in [0.15, 0.2) is 10.5 Å². The average Bonchev–Trinajstić information content (AvgIpc) is 2.93. The molecule has 1 amide bonds. The molecular weight excluding hydrogens is 437 g/mol. The van der Waals surface area contributed by atoms with Gasteiger partial charge < -0.3 is 16.0 Å². The summed E-state index contributed by atoms with van der Waals surface area (Å²) in [5, 5.41) is 9.34. The lowest BCUT2D eigenvalue weighted by Gasteiger charge is -2.12. The fourth-order valence-corrected chi connectivity index (χ4v) is 2.71. The topological polar surface area (TPSA) is 78.4 Å². The summed E-state index contributed by atoms with van der Waals surface area (Å²) in [6, 6.07) is 0. The van der Waals surface area contributed by atoms with Crippen molar-refractivity contribution in [3.8, 4) is 0 Å². The predicted octanol–water partition coefficient (Wildman–Crippen LogP) is 2.79. The molecule has 0 radical (unpaired) electrons. The van der Waals surface area contributed by atoms with Crippen LogP contribution in [0, 0.1) is 12.8 Å². The van der Waals surface area contributed by atoms with Crippen LogP contribution in [0.3, 0.4) is 0 Å². The van der Waals surface area contributed by atoms with E-state index in [-0.39, 0.29) is 29.9 Å². The van der Waals surface area contributed by atoms with E-state index >= 15 is 0 Å². The predicted molar refractivity (Wildman–Crippen MR) is 113 cm³/mol. The van der Waals surface area contributed by atoms with E-state index < -0.39 is 0 Å². The highest BCUT2D eigenvalue weighted by Gasteiger charge is 2.10. The second-order valence-electron chi connectivity index (χ2n) is 5.75. The number of thiazole rings is 1. The number of guanidine groups is 1. The Morgan fingerprint density at radius 3 is 2.58 bits per heavy atom. The molecule has 0 saturated carbocycles. The van der Waals surface area contributed by atoms with Gasteiger partial charge in [0.15, 0.2) is 5.96 Å². The molecule has 0 bridgehead atoms. The third kappa shape index (κ3) is 9.41. The zero-order chi connectivity index (χ0) is 17.1. The van der Waals surface area contributed by atoms with Crippen LogP contribution in [0.2, 0.25) is 0 Å². The summed E-state index contributed by atoms with van der Waals surface area (Å²) in [5.41, 5.74) is 2.47. The van der Waals surface area contributed by atoms with E-state index in [0.717, 1.165) is 31.2 Å². The molecule has 0 saturated heterocycles. The number of hydrogen-bond acceptors (Lipinski definition) is 4. The third-order valence-electron chi connectivity index (χ3n) is 3.21. The van der Waals surface area contributed by atoms with Gasteiger partial charge in [-0.1, -0.05) is 13.8 Å². The van der Waals surface area contributed by atoms with Gasteiger partial charge in [0.1, 0.15) is 4.88 Å². The summed E-state index contributed by atoms with van der Waals surface area (Å²) in [6.45, 7) is 11.2. The van der Waals surface area contributed by atoms with Gasteiger partial charge >= 0.3 is 0 Å². The van der Waals surface area contributed by atoms with Crippen LogP contribution in [0.5, 0.6) is 0 Å². The van der Waals surface area contributed by atoms with Crippen LogP contribution in [0.4, 0.5) is 0 Å². The number of aliphatic imine (C=N–C) groups is 1. The van der Waals surface area contributed by atoms with Crippen molar-refractivity contribution in [2.24, 2.45) is 10.9 Å². The van der Waals surface area contributed by atoms with Crippen LogP contribution in [0.25, 0.3) is 0 Å². The maximum Gasteiger partial charge on any atom is 0.263 e. The normalized spacial score (nSPS) is 11.1. The first-order valence-corrected chi connectivity index (χ1v) is 9.13. The number of hydrogen-bond donors (Lipinski definition) is 3. The molecule has 0 aromatic carbocycles. The molecule has 6 nitrogen and oxygen atoms in total. The molecule has 24 heavy (non-hydrogen) atoms. The van der Waals surface area contributed by atoms with Gasteiger partial charge in [0, 0.05) is 26.2 Å². The highest BCUT2D eigenvalue weighted by Crippen LogP contribution is 2.11. The van der Waals surface area contributed by atoms with Crippen molar-refractivity contribution in [2.75, 3.05) is 26.2 Å². The van der Waals surface area contributed by atoms with E-state index in [9.17, 15) is 4.79 Å². The summed E-state index contributed by atoms with van der Waals surface area (Å²) in [6.07, 6.45) is 2.28. The maximum absolute atomic E-state index is 12.0. The zero-order valence-electron chi connectivity index (χ0n) is 15.0. The molecule has 0 aliphatic heterocycles. The Bertz CT molecular complexity index is 504. The second kappa shape index (κ2) is 13.4. The first-order valence-electron chi connectivity index (χ1n) is 8.25. The van der Waals surface area contributed by atoms with Crippen molar-refractivity contribution < 1.29 is 4.79 Å². The number of carbonyl (C=O) groups excluding carboxylic acids is 1. The molecule has 0 aliphatic rings. The number of rotatable bonds is 9.